The van der Waals surface area contributed by atoms with Gasteiger partial charge in [0.1, 0.15) is 18.3 Å². The van der Waals surface area contributed by atoms with Crippen LogP contribution in [0.15, 0.2) is 23.3 Å². The maximum Gasteiger partial charge on any atom is 0.316 e. The van der Waals surface area contributed by atoms with Gasteiger partial charge in [-0.25, -0.2) is 0 Å². The number of hydrogen-bond donors (Lipinski definition) is 0. The Labute approximate surface area is 109 Å². The maximum absolute atomic E-state index is 11.8. The molecule has 1 aliphatic heterocycles. The molecule has 18 heavy (non-hydrogen) atoms. The molecule has 0 saturated heterocycles. The van der Waals surface area contributed by atoms with Crippen molar-refractivity contribution in [2.24, 2.45) is 5.92 Å². The van der Waals surface area contributed by atoms with E-state index in [1.54, 1.807) is 6.92 Å². The average Bonchev–Trinajstić information content (AvgIpc) is 2.34. The first-order valence-corrected chi connectivity index (χ1v) is 6.51. The van der Waals surface area contributed by atoms with E-state index in [9.17, 15) is 9.59 Å². The second-order valence-electron chi connectivity index (χ2n) is 4.96. The number of Topliss-reactive ketones (excluding diaryl/α,β-unsaturated/α-hetero) is 1. The Morgan fingerprint density at radius 2 is 1.72 bits per heavy atom. The molecule has 0 bridgehead atoms. The molecule has 1 atom stereocenters. The first kappa shape index (κ1) is 14.7. The Bertz CT molecular complexity index is 377. The summed E-state index contributed by atoms with van der Waals surface area (Å²) >= 11 is 0. The van der Waals surface area contributed by atoms with Gasteiger partial charge in [-0.1, -0.05) is 17.2 Å². The van der Waals surface area contributed by atoms with Gasteiger partial charge in [0.05, 0.1) is 0 Å². The van der Waals surface area contributed by atoms with Gasteiger partial charge in [0.2, 0.25) is 0 Å². The van der Waals surface area contributed by atoms with Gasteiger partial charge in [0.25, 0.3) is 0 Å². The van der Waals surface area contributed by atoms with Crippen LogP contribution < -0.4 is 0 Å². The molecule has 0 aromatic carbocycles. The molecule has 0 N–H and O–H groups in total. The molecule has 0 spiro atoms. The van der Waals surface area contributed by atoms with Crippen LogP contribution in [-0.2, 0) is 14.3 Å². The Kier molecular flexibility index (Phi) is 5.83. The summed E-state index contributed by atoms with van der Waals surface area (Å²) in [5.74, 6) is -1.09. The zero-order valence-electron chi connectivity index (χ0n) is 11.5. The third-order valence-corrected chi connectivity index (χ3v) is 3.29. The number of carbonyl (C=O) groups excluding carboxylic acids is 2. The normalized spacial score (nSPS) is 29.8. The third-order valence-electron chi connectivity index (χ3n) is 3.29. The summed E-state index contributed by atoms with van der Waals surface area (Å²) in [6.45, 7) is 5.96. The van der Waals surface area contributed by atoms with E-state index in [-0.39, 0.29) is 12.4 Å². The summed E-state index contributed by atoms with van der Waals surface area (Å²) in [5, 5.41) is 0. The predicted octanol–water partition coefficient (Wildman–Crippen LogP) is 3.20. The van der Waals surface area contributed by atoms with Crippen LogP contribution in [-0.4, -0.2) is 18.4 Å². The van der Waals surface area contributed by atoms with Gasteiger partial charge in [-0.05, 0) is 46.1 Å². The summed E-state index contributed by atoms with van der Waals surface area (Å²) < 4.78 is 5.08. The van der Waals surface area contributed by atoms with Gasteiger partial charge in [0.15, 0.2) is 0 Å². The SMILES string of the molecule is C/C1=C/COC(=O)C(C)C(=O)CC/C(C)=C\CC1. The highest BCUT2D eigenvalue weighted by atomic mass is 16.5. The van der Waals surface area contributed by atoms with Crippen molar-refractivity contribution < 1.29 is 14.3 Å². The molecular formula is C15H22O3. The fourth-order valence-electron chi connectivity index (χ4n) is 1.81. The molecule has 1 heterocycles. The first-order chi connectivity index (χ1) is 8.50. The van der Waals surface area contributed by atoms with Crippen LogP contribution in [0.2, 0.25) is 0 Å². The van der Waals surface area contributed by atoms with Crippen molar-refractivity contribution in [3.63, 3.8) is 0 Å². The van der Waals surface area contributed by atoms with Gasteiger partial charge in [-0.3, -0.25) is 9.59 Å². The minimum atomic E-state index is -0.646. The van der Waals surface area contributed by atoms with Crippen molar-refractivity contribution in [3.05, 3.63) is 23.3 Å². The summed E-state index contributed by atoms with van der Waals surface area (Å²) in [5.41, 5.74) is 2.43. The summed E-state index contributed by atoms with van der Waals surface area (Å²) in [6.07, 6.45) is 7.19. The lowest BCUT2D eigenvalue weighted by atomic mass is 9.99. The molecule has 0 aromatic rings. The quantitative estimate of drug-likeness (QED) is 0.377. The van der Waals surface area contributed by atoms with E-state index in [1.165, 1.54) is 11.1 Å². The first-order valence-electron chi connectivity index (χ1n) is 6.51. The van der Waals surface area contributed by atoms with Crippen molar-refractivity contribution in [1.29, 1.82) is 0 Å². The van der Waals surface area contributed by atoms with Crippen LogP contribution in [0.25, 0.3) is 0 Å². The van der Waals surface area contributed by atoms with Crippen LogP contribution in [0.3, 0.4) is 0 Å². The Morgan fingerprint density at radius 3 is 2.44 bits per heavy atom. The topological polar surface area (TPSA) is 43.4 Å². The lowest BCUT2D eigenvalue weighted by Gasteiger charge is -2.09. The van der Waals surface area contributed by atoms with Gasteiger partial charge < -0.3 is 4.74 Å². The number of ether oxygens (including phenoxy) is 1. The summed E-state index contributed by atoms with van der Waals surface area (Å²) in [4.78, 5) is 23.4. The van der Waals surface area contributed by atoms with Crippen LogP contribution in [0.4, 0.5) is 0 Å². The number of hydrogen-bond acceptors (Lipinski definition) is 3. The molecular weight excluding hydrogens is 228 g/mol. The number of carbonyl (C=O) groups is 2. The molecule has 3 heteroatoms. The van der Waals surface area contributed by atoms with Crippen molar-refractivity contribution >= 4 is 11.8 Å². The number of esters is 1. The number of allylic oxidation sites excluding steroid dienone is 3. The molecule has 0 aliphatic carbocycles. The molecule has 3 nitrogen and oxygen atoms in total. The van der Waals surface area contributed by atoms with E-state index in [1.807, 2.05) is 19.9 Å². The number of ketones is 1. The zero-order chi connectivity index (χ0) is 13.5. The predicted molar refractivity (Wildman–Crippen MR) is 71.1 cm³/mol. The van der Waals surface area contributed by atoms with Crippen LogP contribution in [0.5, 0.6) is 0 Å². The van der Waals surface area contributed by atoms with E-state index >= 15 is 0 Å². The average molecular weight is 250 g/mol. The van der Waals surface area contributed by atoms with E-state index < -0.39 is 11.9 Å². The van der Waals surface area contributed by atoms with Crippen LogP contribution in [0, 0.1) is 5.92 Å². The largest absolute Gasteiger partial charge is 0.461 e. The van der Waals surface area contributed by atoms with Crippen molar-refractivity contribution in [1.82, 2.24) is 0 Å². The van der Waals surface area contributed by atoms with Crippen LogP contribution >= 0.6 is 0 Å². The molecule has 100 valence electrons. The van der Waals surface area contributed by atoms with E-state index in [0.29, 0.717) is 6.42 Å². The molecule has 0 fully saturated rings. The van der Waals surface area contributed by atoms with Crippen molar-refractivity contribution in [3.8, 4) is 0 Å². The molecule has 0 radical (unpaired) electrons. The number of cyclic esters (lactones) is 1. The summed E-state index contributed by atoms with van der Waals surface area (Å²) in [7, 11) is 0. The molecule has 0 amide bonds. The highest BCUT2D eigenvalue weighted by Crippen LogP contribution is 2.14. The zero-order valence-corrected chi connectivity index (χ0v) is 11.5. The lowest BCUT2D eigenvalue weighted by Crippen LogP contribution is -2.23. The molecule has 1 aliphatic rings. The molecule has 1 unspecified atom stereocenters. The standard InChI is InChI=1S/C15H22O3/c1-11-5-4-6-12(2)9-10-18-15(17)13(3)14(16)8-7-11/h5,9,13H,4,6-8,10H2,1-3H3/b11-5-,12-9-. The van der Waals surface area contributed by atoms with E-state index in [0.717, 1.165) is 19.3 Å². The minimum Gasteiger partial charge on any atom is -0.461 e. The Balaban J connectivity index is 2.75. The van der Waals surface area contributed by atoms with Gasteiger partial charge in [0, 0.05) is 6.42 Å². The van der Waals surface area contributed by atoms with Crippen molar-refractivity contribution in [2.45, 2.75) is 46.5 Å². The Morgan fingerprint density at radius 1 is 1.06 bits per heavy atom. The van der Waals surface area contributed by atoms with E-state index in [2.05, 4.69) is 6.08 Å². The molecule has 1 rings (SSSR count). The fraction of sp³-hybridized carbons (Fsp3) is 0.600. The fourth-order valence-corrected chi connectivity index (χ4v) is 1.81. The smallest absolute Gasteiger partial charge is 0.316 e. The Hall–Kier alpha value is -1.38. The second-order valence-corrected chi connectivity index (χ2v) is 4.96. The summed E-state index contributed by atoms with van der Waals surface area (Å²) in [6, 6.07) is 0. The monoisotopic (exact) mass is 250 g/mol. The number of rotatable bonds is 0. The van der Waals surface area contributed by atoms with Gasteiger partial charge in [-0.15, -0.1) is 0 Å². The molecule has 0 saturated carbocycles. The highest BCUT2D eigenvalue weighted by molar-refractivity contribution is 5.98. The molecule has 0 aromatic heterocycles. The van der Waals surface area contributed by atoms with Gasteiger partial charge >= 0.3 is 5.97 Å². The van der Waals surface area contributed by atoms with Gasteiger partial charge in [-0.2, -0.15) is 0 Å². The minimum absolute atomic E-state index is 0.0345. The second kappa shape index (κ2) is 7.14. The lowest BCUT2D eigenvalue weighted by molar-refractivity contribution is -0.150. The van der Waals surface area contributed by atoms with E-state index in [4.69, 9.17) is 4.74 Å². The van der Waals surface area contributed by atoms with Crippen molar-refractivity contribution in [2.75, 3.05) is 6.61 Å². The van der Waals surface area contributed by atoms with Crippen LogP contribution in [0.1, 0.15) is 46.5 Å². The third kappa shape index (κ3) is 4.86. The maximum atomic E-state index is 11.8. The highest BCUT2D eigenvalue weighted by Gasteiger charge is 2.22.